The van der Waals surface area contributed by atoms with Crippen LogP contribution >= 0.6 is 27.7 Å². The van der Waals surface area contributed by atoms with Gasteiger partial charge in [0.2, 0.25) is 0 Å². The van der Waals surface area contributed by atoms with Crippen LogP contribution in [0.1, 0.15) is 5.82 Å². The molecule has 0 bridgehead atoms. The maximum atomic E-state index is 10.7. The van der Waals surface area contributed by atoms with Gasteiger partial charge in [0, 0.05) is 10.5 Å². The van der Waals surface area contributed by atoms with Crippen molar-refractivity contribution in [2.75, 3.05) is 12.9 Å². The van der Waals surface area contributed by atoms with Gasteiger partial charge in [-0.2, -0.15) is 0 Å². The summed E-state index contributed by atoms with van der Waals surface area (Å²) in [6.45, 7) is -0.310. The number of aliphatic carboxylic acids is 1. The number of aromatic nitrogens is 3. The van der Waals surface area contributed by atoms with E-state index in [2.05, 4.69) is 26.1 Å². The van der Waals surface area contributed by atoms with Crippen molar-refractivity contribution in [3.63, 3.8) is 0 Å². The number of aliphatic hydroxyl groups excluding tert-OH is 1. The first-order chi connectivity index (χ1) is 10.0. The molecule has 7 nitrogen and oxygen atoms in total. The summed E-state index contributed by atoms with van der Waals surface area (Å²) in [5.74, 6) is -0.157. The Morgan fingerprint density at radius 2 is 2.19 bits per heavy atom. The van der Waals surface area contributed by atoms with Gasteiger partial charge in [0.15, 0.2) is 11.0 Å². The zero-order chi connectivity index (χ0) is 15.4. The minimum Gasteiger partial charge on any atom is -0.497 e. The molecule has 0 aliphatic rings. The number of rotatable bonds is 6. The smallest absolute Gasteiger partial charge is 0.313 e. The van der Waals surface area contributed by atoms with Gasteiger partial charge in [-0.1, -0.05) is 27.7 Å². The van der Waals surface area contributed by atoms with Gasteiger partial charge in [0.25, 0.3) is 0 Å². The Morgan fingerprint density at radius 1 is 1.43 bits per heavy atom. The Morgan fingerprint density at radius 3 is 2.81 bits per heavy atom. The summed E-state index contributed by atoms with van der Waals surface area (Å²) in [5.41, 5.74) is 0.670. The minimum atomic E-state index is -0.952. The summed E-state index contributed by atoms with van der Waals surface area (Å²) in [5, 5.41) is 26.3. The van der Waals surface area contributed by atoms with Crippen LogP contribution in [-0.4, -0.2) is 43.8 Å². The van der Waals surface area contributed by atoms with E-state index in [1.165, 1.54) is 0 Å². The second kappa shape index (κ2) is 6.92. The van der Waals surface area contributed by atoms with E-state index in [9.17, 15) is 9.90 Å². The van der Waals surface area contributed by atoms with Crippen molar-refractivity contribution < 1.29 is 19.7 Å². The quantitative estimate of drug-likeness (QED) is 0.743. The van der Waals surface area contributed by atoms with Crippen molar-refractivity contribution in [3.05, 3.63) is 28.5 Å². The lowest BCUT2D eigenvalue weighted by Gasteiger charge is -2.11. The highest BCUT2D eigenvalue weighted by Crippen LogP contribution is 2.28. The third-order valence-electron chi connectivity index (χ3n) is 2.52. The van der Waals surface area contributed by atoms with Gasteiger partial charge in [0.1, 0.15) is 12.4 Å². The Bertz CT molecular complexity index is 662. The highest BCUT2D eigenvalue weighted by Gasteiger charge is 2.16. The van der Waals surface area contributed by atoms with Gasteiger partial charge < -0.3 is 14.9 Å². The molecule has 0 aliphatic carbocycles. The molecule has 9 heteroatoms. The van der Waals surface area contributed by atoms with Crippen LogP contribution in [0.2, 0.25) is 0 Å². The zero-order valence-electron chi connectivity index (χ0n) is 11.0. The number of halogens is 1. The molecule has 0 radical (unpaired) electrons. The first-order valence-electron chi connectivity index (χ1n) is 5.80. The van der Waals surface area contributed by atoms with Crippen LogP contribution in [0.3, 0.4) is 0 Å². The van der Waals surface area contributed by atoms with Crippen LogP contribution in [0.4, 0.5) is 0 Å². The molecule has 1 heterocycles. The molecule has 1 aromatic carbocycles. The summed E-state index contributed by atoms with van der Waals surface area (Å²) in [7, 11) is 1.55. The van der Waals surface area contributed by atoms with Crippen LogP contribution in [-0.2, 0) is 11.4 Å². The largest absolute Gasteiger partial charge is 0.497 e. The van der Waals surface area contributed by atoms with Crippen molar-refractivity contribution in [1.29, 1.82) is 0 Å². The van der Waals surface area contributed by atoms with Gasteiger partial charge >= 0.3 is 5.97 Å². The van der Waals surface area contributed by atoms with Crippen LogP contribution in [0.25, 0.3) is 5.69 Å². The van der Waals surface area contributed by atoms with Gasteiger partial charge in [0.05, 0.1) is 18.6 Å². The van der Waals surface area contributed by atoms with Gasteiger partial charge in [-0.3, -0.25) is 9.36 Å². The lowest BCUT2D eigenvalue weighted by molar-refractivity contribution is -0.133. The Kier molecular flexibility index (Phi) is 5.21. The molecule has 0 fully saturated rings. The molecule has 112 valence electrons. The normalized spacial score (nSPS) is 10.6. The van der Waals surface area contributed by atoms with E-state index in [4.69, 9.17) is 9.84 Å². The van der Waals surface area contributed by atoms with Crippen molar-refractivity contribution in [2.45, 2.75) is 11.8 Å². The lowest BCUT2D eigenvalue weighted by atomic mass is 10.3. The molecule has 0 aliphatic heterocycles. The highest BCUT2D eigenvalue weighted by atomic mass is 79.9. The maximum absolute atomic E-state index is 10.7. The van der Waals surface area contributed by atoms with E-state index in [1.54, 1.807) is 29.9 Å². The molecule has 0 atom stereocenters. The molecule has 0 spiro atoms. The summed E-state index contributed by atoms with van der Waals surface area (Å²) in [6.07, 6.45) is 0. The van der Waals surface area contributed by atoms with Crippen LogP contribution in [0, 0.1) is 0 Å². The number of carboxylic acid groups (broad SMARTS) is 1. The van der Waals surface area contributed by atoms with E-state index in [1.807, 2.05) is 0 Å². The Labute approximate surface area is 133 Å². The van der Waals surface area contributed by atoms with E-state index in [-0.39, 0.29) is 12.4 Å². The lowest BCUT2D eigenvalue weighted by Crippen LogP contribution is -2.05. The summed E-state index contributed by atoms with van der Waals surface area (Å²) in [4.78, 5) is 10.7. The number of carboxylic acids is 1. The predicted octanol–water partition coefficient (Wildman–Crippen LogP) is 1.71. The third kappa shape index (κ3) is 3.74. The number of methoxy groups -OCH3 is 1. The number of hydrogen-bond acceptors (Lipinski definition) is 6. The van der Waals surface area contributed by atoms with E-state index >= 15 is 0 Å². The van der Waals surface area contributed by atoms with Crippen molar-refractivity contribution in [1.82, 2.24) is 14.8 Å². The molecular formula is C12H12BrN3O4S. The second-order valence-corrected chi connectivity index (χ2v) is 5.78. The number of carbonyl (C=O) groups is 1. The predicted molar refractivity (Wildman–Crippen MR) is 79.9 cm³/mol. The molecule has 2 rings (SSSR count). The molecule has 0 saturated heterocycles. The number of benzene rings is 1. The maximum Gasteiger partial charge on any atom is 0.313 e. The van der Waals surface area contributed by atoms with E-state index < -0.39 is 5.97 Å². The fourth-order valence-corrected chi connectivity index (χ4v) is 2.83. The molecule has 0 amide bonds. The first-order valence-corrected chi connectivity index (χ1v) is 7.57. The van der Waals surface area contributed by atoms with E-state index in [0.717, 1.165) is 16.2 Å². The summed E-state index contributed by atoms with van der Waals surface area (Å²) >= 11 is 4.40. The second-order valence-electron chi connectivity index (χ2n) is 3.92. The zero-order valence-corrected chi connectivity index (χ0v) is 13.4. The highest BCUT2D eigenvalue weighted by molar-refractivity contribution is 9.10. The molecule has 21 heavy (non-hydrogen) atoms. The molecular weight excluding hydrogens is 362 g/mol. The van der Waals surface area contributed by atoms with Gasteiger partial charge in [-0.25, -0.2) is 0 Å². The monoisotopic (exact) mass is 373 g/mol. The minimum absolute atomic E-state index is 0.144. The average Bonchev–Trinajstić information content (AvgIpc) is 2.87. The fourth-order valence-electron chi connectivity index (χ4n) is 1.68. The number of ether oxygens (including phenoxy) is 1. The van der Waals surface area contributed by atoms with Crippen LogP contribution < -0.4 is 4.74 Å². The third-order valence-corrected chi connectivity index (χ3v) is 3.89. The van der Waals surface area contributed by atoms with E-state index in [0.29, 0.717) is 22.4 Å². The number of nitrogens with zero attached hydrogens (tertiary/aromatic N) is 3. The first kappa shape index (κ1) is 15.8. The number of hydrogen-bond donors (Lipinski definition) is 2. The molecule has 2 aromatic rings. The topological polar surface area (TPSA) is 97.5 Å². The van der Waals surface area contributed by atoms with Crippen LogP contribution in [0.15, 0.2) is 27.8 Å². The van der Waals surface area contributed by atoms with Crippen LogP contribution in [0.5, 0.6) is 5.75 Å². The average molecular weight is 374 g/mol. The molecule has 1 aromatic heterocycles. The number of aliphatic hydroxyl groups is 1. The fraction of sp³-hybridized carbons (Fsp3) is 0.250. The van der Waals surface area contributed by atoms with Crippen molar-refractivity contribution in [3.8, 4) is 11.4 Å². The summed E-state index contributed by atoms with van der Waals surface area (Å²) in [6, 6.07) is 5.34. The van der Waals surface area contributed by atoms with Gasteiger partial charge in [-0.15, -0.1) is 10.2 Å². The van der Waals surface area contributed by atoms with Gasteiger partial charge in [-0.05, 0) is 12.1 Å². The molecule has 2 N–H and O–H groups in total. The molecule has 0 unspecified atom stereocenters. The molecule has 0 saturated carbocycles. The Hall–Kier alpha value is -1.58. The van der Waals surface area contributed by atoms with Crippen molar-refractivity contribution >= 4 is 33.7 Å². The summed E-state index contributed by atoms with van der Waals surface area (Å²) < 4.78 is 7.58. The number of thioether (sulfide) groups is 1. The standard InChI is InChI=1S/C12H12BrN3O4S/c1-20-9-3-7(13)2-8(4-9)16-10(5-17)14-15-12(16)21-6-11(18)19/h2-4,17H,5-6H2,1H3,(H,18,19). The Balaban J connectivity index is 2.48. The SMILES string of the molecule is COc1cc(Br)cc(-n2c(CO)nnc2SCC(=O)O)c1. The van der Waals surface area contributed by atoms with Crippen molar-refractivity contribution in [2.24, 2.45) is 0 Å².